The smallest absolute Gasteiger partial charge is 0.408 e. The summed E-state index contributed by atoms with van der Waals surface area (Å²) in [7, 11) is 1.60. The molecule has 3 aliphatic heterocycles. The van der Waals surface area contributed by atoms with Gasteiger partial charge in [-0.25, -0.2) is 14.6 Å². The van der Waals surface area contributed by atoms with Crippen LogP contribution in [0.4, 0.5) is 4.79 Å². The molecule has 1 aromatic carbocycles. The number of rotatable bonds is 5. The molecule has 2 saturated heterocycles. The highest BCUT2D eigenvalue weighted by atomic mass is 35.5. The molecule has 3 amide bonds. The number of halogens is 1. The van der Waals surface area contributed by atoms with Gasteiger partial charge in [0.2, 0.25) is 11.8 Å². The molecule has 1 aromatic heterocycles. The van der Waals surface area contributed by atoms with Gasteiger partial charge >= 0.3 is 12.1 Å². The largest absolute Gasteiger partial charge is 0.497 e. The Bertz CT molecular complexity index is 1660. The molecule has 6 rings (SSSR count). The lowest BCUT2D eigenvalue weighted by molar-refractivity contribution is -0.146. The maximum atomic E-state index is 14.4. The molecule has 6 atom stereocenters. The highest BCUT2D eigenvalue weighted by molar-refractivity contribution is 6.30. The molecule has 13 heteroatoms. The van der Waals surface area contributed by atoms with E-state index in [9.17, 15) is 24.3 Å². The predicted molar refractivity (Wildman–Crippen MR) is 183 cm³/mol. The number of benzene rings is 1. The van der Waals surface area contributed by atoms with Gasteiger partial charge in [0.1, 0.15) is 34.1 Å². The van der Waals surface area contributed by atoms with E-state index in [-0.39, 0.29) is 23.7 Å². The van der Waals surface area contributed by atoms with Crippen LogP contribution >= 0.6 is 11.6 Å². The number of aliphatic carboxylic acids is 1. The summed E-state index contributed by atoms with van der Waals surface area (Å²) in [6.45, 7) is 7.27. The molecule has 0 radical (unpaired) electrons. The molecule has 3 N–H and O–H groups in total. The number of carboxylic acids is 1. The third-order valence-corrected chi connectivity index (χ3v) is 10.4. The number of methoxy groups -OCH3 is 1. The molecule has 0 bridgehead atoms. The average molecular weight is 696 g/mol. The number of hydrogen-bond acceptors (Lipinski definition) is 8. The second-order valence-electron chi connectivity index (χ2n) is 14.9. The number of nitrogens with zero attached hydrogens (tertiary/aromatic N) is 3. The fraction of sp³-hybridized carbons (Fsp3) is 0.583. The van der Waals surface area contributed by atoms with Gasteiger partial charge < -0.3 is 30.1 Å². The van der Waals surface area contributed by atoms with Crippen molar-refractivity contribution in [2.75, 3.05) is 26.7 Å². The summed E-state index contributed by atoms with van der Waals surface area (Å²) in [5.41, 5.74) is -0.454. The molecule has 1 saturated carbocycles. The number of carboxylic acid groups (broad SMARTS) is 1. The first-order valence-electron chi connectivity index (χ1n) is 17.2. The zero-order valence-corrected chi connectivity index (χ0v) is 29.3. The van der Waals surface area contributed by atoms with Gasteiger partial charge in [0, 0.05) is 49.5 Å². The van der Waals surface area contributed by atoms with Crippen molar-refractivity contribution in [3.63, 3.8) is 0 Å². The van der Waals surface area contributed by atoms with Crippen molar-refractivity contribution in [2.45, 2.75) is 89.1 Å². The van der Waals surface area contributed by atoms with Gasteiger partial charge in [0.25, 0.3) is 0 Å². The highest BCUT2D eigenvalue weighted by Gasteiger charge is 2.62. The van der Waals surface area contributed by atoms with E-state index in [0.717, 1.165) is 35.7 Å². The third-order valence-electron chi connectivity index (χ3n) is 10.2. The molecule has 264 valence electrons. The minimum absolute atomic E-state index is 0.0416. The lowest BCUT2D eigenvalue weighted by Crippen LogP contribution is -2.58. The minimum Gasteiger partial charge on any atom is -0.497 e. The monoisotopic (exact) mass is 695 g/mol. The number of carbonyl (C=O) groups is 4. The number of fused-ring (bicyclic) bond motifs is 5. The van der Waals surface area contributed by atoms with Crippen LogP contribution in [0.15, 0.2) is 36.4 Å². The third kappa shape index (κ3) is 7.50. The summed E-state index contributed by atoms with van der Waals surface area (Å²) >= 11 is 6.43. The number of pyridine rings is 1. The zero-order chi connectivity index (χ0) is 35.1. The molecule has 49 heavy (non-hydrogen) atoms. The molecule has 3 fully saturated rings. The van der Waals surface area contributed by atoms with E-state index < -0.39 is 41.2 Å². The van der Waals surface area contributed by atoms with Gasteiger partial charge in [0.05, 0.1) is 12.6 Å². The number of aromatic nitrogens is 1. The number of amides is 3. The van der Waals surface area contributed by atoms with Gasteiger partial charge in [-0.05, 0) is 76.1 Å². The Labute approximate surface area is 291 Å². The Hall–Kier alpha value is -3.90. The Kier molecular flexibility index (Phi) is 9.83. The zero-order valence-electron chi connectivity index (χ0n) is 28.5. The lowest BCUT2D eigenvalue weighted by Gasteiger charge is -2.33. The SMILES string of the molecule is COc1ccc2c(CN3C[C@H]4CN5C(=O)[C@@H](NC(=O)OC(C)(C)C)CCCCC/C=C\[C@@H]6C[C@@]6(C(=O)O)NC(=O)[C@@H]5[C@H]4C3)cc(Cl)nc2c1. The van der Waals surface area contributed by atoms with E-state index in [1.807, 2.05) is 36.4 Å². The molecule has 0 unspecified atom stereocenters. The van der Waals surface area contributed by atoms with Crippen LogP contribution < -0.4 is 15.4 Å². The van der Waals surface area contributed by atoms with Crippen molar-refractivity contribution in [1.29, 1.82) is 0 Å². The van der Waals surface area contributed by atoms with E-state index in [1.54, 1.807) is 32.8 Å². The van der Waals surface area contributed by atoms with Crippen LogP contribution in [-0.2, 0) is 25.7 Å². The molecule has 1 aliphatic carbocycles. The van der Waals surface area contributed by atoms with Crippen LogP contribution in [0, 0.1) is 17.8 Å². The standard InChI is InChI=1S/C36H46ClN5O7/c1-35(2,3)49-34(47)39-27-11-9-7-5-6-8-10-23-16-36(23,33(45)46)40-31(43)30-26-20-41(18-22(26)19-42(30)32(27)44)17-21-14-29(37)38-28-15-24(48-4)12-13-25(21)28/h8,10,12-15,22-23,26-27,30H,5-7,9,11,16-20H2,1-4H3,(H,39,47)(H,40,43)(H,45,46)/b10-8-/t22-,23+,26-,27-,30-,36+/m0/s1. The average Bonchev–Trinajstić information content (AvgIpc) is 3.40. The quantitative estimate of drug-likeness (QED) is 0.303. The van der Waals surface area contributed by atoms with Gasteiger partial charge in [-0.3, -0.25) is 14.5 Å². The Morgan fingerprint density at radius 3 is 2.67 bits per heavy atom. The first-order chi connectivity index (χ1) is 23.3. The first-order valence-corrected chi connectivity index (χ1v) is 17.5. The fourth-order valence-corrected chi connectivity index (χ4v) is 8.01. The maximum Gasteiger partial charge on any atom is 0.408 e. The Morgan fingerprint density at radius 1 is 1.14 bits per heavy atom. The van der Waals surface area contributed by atoms with E-state index >= 15 is 0 Å². The number of likely N-dealkylation sites (tertiary alicyclic amines) is 1. The van der Waals surface area contributed by atoms with Gasteiger partial charge in [-0.2, -0.15) is 0 Å². The lowest BCUT2D eigenvalue weighted by atomic mass is 9.93. The van der Waals surface area contributed by atoms with Crippen LogP contribution in [-0.4, -0.2) is 93.7 Å². The van der Waals surface area contributed by atoms with Crippen LogP contribution in [0.3, 0.4) is 0 Å². The number of ether oxygens (including phenoxy) is 2. The van der Waals surface area contributed by atoms with Crippen LogP contribution in [0.2, 0.25) is 5.15 Å². The van der Waals surface area contributed by atoms with Crippen LogP contribution in [0.25, 0.3) is 10.9 Å². The van der Waals surface area contributed by atoms with E-state index in [2.05, 4.69) is 20.5 Å². The molecular formula is C36H46ClN5O7. The summed E-state index contributed by atoms with van der Waals surface area (Å²) in [5, 5.41) is 17.2. The number of alkyl carbamates (subject to hydrolysis) is 1. The maximum absolute atomic E-state index is 14.4. The number of allylic oxidation sites excluding steroid dienone is 1. The van der Waals surface area contributed by atoms with Crippen LogP contribution in [0.1, 0.15) is 64.9 Å². The van der Waals surface area contributed by atoms with Crippen molar-refractivity contribution < 1.29 is 33.8 Å². The summed E-state index contributed by atoms with van der Waals surface area (Å²) in [5.74, 6) is -1.83. The van der Waals surface area contributed by atoms with E-state index in [1.165, 1.54) is 0 Å². The predicted octanol–water partition coefficient (Wildman–Crippen LogP) is 4.53. The second kappa shape index (κ2) is 13.8. The molecule has 12 nitrogen and oxygen atoms in total. The summed E-state index contributed by atoms with van der Waals surface area (Å²) in [4.78, 5) is 62.4. The molecule has 2 aromatic rings. The number of hydrogen-bond donors (Lipinski definition) is 3. The van der Waals surface area contributed by atoms with Gasteiger partial charge in [-0.15, -0.1) is 0 Å². The Balaban J connectivity index is 1.28. The van der Waals surface area contributed by atoms with Gasteiger partial charge in [0.15, 0.2) is 0 Å². The van der Waals surface area contributed by atoms with Crippen molar-refractivity contribution in [1.82, 2.24) is 25.4 Å². The van der Waals surface area contributed by atoms with Crippen molar-refractivity contribution >= 4 is 46.4 Å². The first kappa shape index (κ1) is 34.9. The second-order valence-corrected chi connectivity index (χ2v) is 15.3. The summed E-state index contributed by atoms with van der Waals surface area (Å²) in [6.07, 6.45) is 7.05. The molecule has 4 heterocycles. The molecular weight excluding hydrogens is 650 g/mol. The normalized spacial score (nSPS) is 29.9. The summed E-state index contributed by atoms with van der Waals surface area (Å²) in [6, 6.07) is 5.74. The number of nitrogens with one attached hydrogen (secondary N) is 2. The van der Waals surface area contributed by atoms with Crippen LogP contribution in [0.5, 0.6) is 5.75 Å². The highest BCUT2D eigenvalue weighted by Crippen LogP contribution is 2.46. The van der Waals surface area contributed by atoms with E-state index in [0.29, 0.717) is 56.3 Å². The minimum atomic E-state index is -1.40. The van der Waals surface area contributed by atoms with Crippen molar-refractivity contribution in [3.8, 4) is 5.75 Å². The summed E-state index contributed by atoms with van der Waals surface area (Å²) < 4.78 is 10.9. The number of carbonyl (C=O) groups excluding carboxylic acids is 3. The molecule has 0 spiro atoms. The van der Waals surface area contributed by atoms with Crippen molar-refractivity contribution in [2.24, 2.45) is 17.8 Å². The fourth-order valence-electron chi connectivity index (χ4n) is 7.78. The van der Waals surface area contributed by atoms with Gasteiger partial charge in [-0.1, -0.05) is 36.6 Å². The topological polar surface area (TPSA) is 150 Å². The van der Waals surface area contributed by atoms with E-state index in [4.69, 9.17) is 21.1 Å². The Morgan fingerprint density at radius 2 is 1.94 bits per heavy atom. The molecule has 4 aliphatic rings. The van der Waals surface area contributed by atoms with Crippen molar-refractivity contribution in [3.05, 3.63) is 47.1 Å².